The van der Waals surface area contributed by atoms with Crippen LogP contribution >= 0.6 is 0 Å². The number of carbonyl (C=O) groups excluding carboxylic acids is 1. The maximum atomic E-state index is 11.9. The minimum Gasteiger partial charge on any atom is -0.360 e. The van der Waals surface area contributed by atoms with Crippen molar-refractivity contribution in [3.63, 3.8) is 0 Å². The highest BCUT2D eigenvalue weighted by Gasteiger charge is 2.10. The first-order valence-electron chi connectivity index (χ1n) is 7.25. The average molecular weight is 285 g/mol. The molecule has 4 nitrogen and oxygen atoms in total. The van der Waals surface area contributed by atoms with Crippen molar-refractivity contribution in [2.45, 2.75) is 46.1 Å². The molecule has 1 unspecified atom stereocenters. The van der Waals surface area contributed by atoms with Crippen LogP contribution in [0.25, 0.3) is 0 Å². The van der Waals surface area contributed by atoms with E-state index in [9.17, 15) is 4.79 Å². The molecule has 1 amide bonds. The van der Waals surface area contributed by atoms with Crippen molar-refractivity contribution in [2.24, 2.45) is 0 Å². The van der Waals surface area contributed by atoms with Crippen LogP contribution in [0.4, 0.5) is 5.69 Å². The monoisotopic (exact) mass is 285 g/mol. The van der Waals surface area contributed by atoms with Crippen molar-refractivity contribution in [2.75, 3.05) is 5.32 Å². The van der Waals surface area contributed by atoms with Gasteiger partial charge in [-0.2, -0.15) is 5.26 Å². The van der Waals surface area contributed by atoms with Gasteiger partial charge in [0, 0.05) is 17.9 Å². The number of nitriles is 1. The van der Waals surface area contributed by atoms with E-state index in [4.69, 9.17) is 5.26 Å². The van der Waals surface area contributed by atoms with E-state index in [1.807, 2.05) is 44.2 Å². The highest BCUT2D eigenvalue weighted by Crippen LogP contribution is 2.17. The van der Waals surface area contributed by atoms with Gasteiger partial charge in [0.2, 0.25) is 0 Å². The molecule has 1 rings (SSSR count). The summed E-state index contributed by atoms with van der Waals surface area (Å²) in [4.78, 5) is 11.9. The second-order valence-corrected chi connectivity index (χ2v) is 5.37. The van der Waals surface area contributed by atoms with Crippen molar-refractivity contribution in [1.29, 1.82) is 5.26 Å². The Morgan fingerprint density at radius 2 is 1.90 bits per heavy atom. The average Bonchev–Trinajstić information content (AvgIpc) is 2.48. The van der Waals surface area contributed by atoms with Crippen LogP contribution in [-0.4, -0.2) is 11.9 Å². The lowest BCUT2D eigenvalue weighted by atomic mass is 10.0. The predicted molar refractivity (Wildman–Crippen MR) is 85.7 cm³/mol. The number of nitrogens with zero attached hydrogens (tertiary/aromatic N) is 1. The summed E-state index contributed by atoms with van der Waals surface area (Å²) >= 11 is 0. The number of rotatable bonds is 6. The fraction of sp³-hybridized carbons (Fsp3) is 0.412. The third kappa shape index (κ3) is 5.31. The highest BCUT2D eigenvalue weighted by molar-refractivity contribution is 5.97. The maximum Gasteiger partial charge on any atom is 0.263 e. The van der Waals surface area contributed by atoms with Crippen LogP contribution < -0.4 is 10.6 Å². The summed E-state index contributed by atoms with van der Waals surface area (Å²) < 4.78 is 0. The molecule has 0 aliphatic carbocycles. The molecular formula is C17H23N3O. The van der Waals surface area contributed by atoms with E-state index in [1.54, 1.807) is 0 Å². The maximum absolute atomic E-state index is 11.9. The highest BCUT2D eigenvalue weighted by atomic mass is 16.1. The molecule has 4 heteroatoms. The molecule has 21 heavy (non-hydrogen) atoms. The third-order valence-corrected chi connectivity index (χ3v) is 3.32. The van der Waals surface area contributed by atoms with Crippen molar-refractivity contribution in [3.05, 3.63) is 41.6 Å². The van der Waals surface area contributed by atoms with Gasteiger partial charge in [0.25, 0.3) is 5.91 Å². The van der Waals surface area contributed by atoms with Crippen LogP contribution in [0.15, 0.2) is 36.0 Å². The van der Waals surface area contributed by atoms with Crippen molar-refractivity contribution in [1.82, 2.24) is 5.32 Å². The Labute approximate surface area is 126 Å². The normalized spacial score (nSPS) is 12.7. The number of carbonyl (C=O) groups is 1. The van der Waals surface area contributed by atoms with Gasteiger partial charge in [-0.1, -0.05) is 32.9 Å². The molecule has 1 aromatic rings. The van der Waals surface area contributed by atoms with Crippen LogP contribution in [0.1, 0.15) is 45.6 Å². The number of nitrogens with one attached hydrogen (secondary N) is 2. The van der Waals surface area contributed by atoms with Gasteiger partial charge in [0.15, 0.2) is 0 Å². The molecule has 0 aromatic heterocycles. The van der Waals surface area contributed by atoms with E-state index >= 15 is 0 Å². The Hall–Kier alpha value is -2.28. The van der Waals surface area contributed by atoms with Crippen LogP contribution in [0, 0.1) is 11.3 Å². The Bertz CT molecular complexity index is 538. The molecule has 0 heterocycles. The van der Waals surface area contributed by atoms with Crippen LogP contribution in [0.2, 0.25) is 0 Å². The fourth-order valence-corrected chi connectivity index (χ4v) is 1.67. The summed E-state index contributed by atoms with van der Waals surface area (Å²) in [7, 11) is 0. The molecule has 0 spiro atoms. The van der Waals surface area contributed by atoms with Gasteiger partial charge in [0.1, 0.15) is 11.6 Å². The van der Waals surface area contributed by atoms with Crippen molar-refractivity contribution >= 4 is 11.6 Å². The van der Waals surface area contributed by atoms with Gasteiger partial charge in [-0.3, -0.25) is 4.79 Å². The second-order valence-electron chi connectivity index (χ2n) is 5.37. The topological polar surface area (TPSA) is 64.9 Å². The lowest BCUT2D eigenvalue weighted by Crippen LogP contribution is -2.33. The third-order valence-electron chi connectivity index (χ3n) is 3.32. The number of benzene rings is 1. The lowest BCUT2D eigenvalue weighted by molar-refractivity contribution is -0.117. The Morgan fingerprint density at radius 3 is 2.38 bits per heavy atom. The van der Waals surface area contributed by atoms with E-state index in [0.717, 1.165) is 12.1 Å². The summed E-state index contributed by atoms with van der Waals surface area (Å²) in [6.07, 6.45) is 2.27. The number of anilines is 1. The first kappa shape index (κ1) is 16.8. The molecule has 0 fully saturated rings. The first-order valence-corrected chi connectivity index (χ1v) is 7.25. The molecule has 0 radical (unpaired) electrons. The lowest BCUT2D eigenvalue weighted by Gasteiger charge is -2.11. The molecule has 0 saturated carbocycles. The fourth-order valence-electron chi connectivity index (χ4n) is 1.67. The molecule has 112 valence electrons. The van der Waals surface area contributed by atoms with Gasteiger partial charge >= 0.3 is 0 Å². The molecule has 2 N–H and O–H groups in total. The minimum absolute atomic E-state index is 0.0552. The van der Waals surface area contributed by atoms with Crippen LogP contribution in [0.3, 0.4) is 0 Å². The zero-order valence-electron chi connectivity index (χ0n) is 13.1. The Kier molecular flexibility index (Phi) is 6.48. The summed E-state index contributed by atoms with van der Waals surface area (Å²) in [6.45, 7) is 8.16. The van der Waals surface area contributed by atoms with Gasteiger partial charge in [-0.25, -0.2) is 0 Å². The van der Waals surface area contributed by atoms with E-state index in [2.05, 4.69) is 24.5 Å². The zero-order valence-corrected chi connectivity index (χ0v) is 13.1. The summed E-state index contributed by atoms with van der Waals surface area (Å²) in [5, 5.41) is 14.8. The zero-order chi connectivity index (χ0) is 15.8. The largest absolute Gasteiger partial charge is 0.360 e. The van der Waals surface area contributed by atoms with Gasteiger partial charge in [0.05, 0.1) is 0 Å². The Balaban J connectivity index is 2.72. The van der Waals surface area contributed by atoms with Gasteiger partial charge < -0.3 is 10.6 Å². The summed E-state index contributed by atoms with van der Waals surface area (Å²) in [5.41, 5.74) is 2.17. The first-order chi connectivity index (χ1) is 9.97. The minimum atomic E-state index is -0.349. The van der Waals surface area contributed by atoms with E-state index in [-0.39, 0.29) is 17.5 Å². The van der Waals surface area contributed by atoms with Crippen LogP contribution in [-0.2, 0) is 4.79 Å². The van der Waals surface area contributed by atoms with Crippen molar-refractivity contribution in [3.8, 4) is 6.07 Å². The molecular weight excluding hydrogens is 262 g/mol. The second kappa shape index (κ2) is 8.11. The number of hydrogen-bond acceptors (Lipinski definition) is 3. The smallest absolute Gasteiger partial charge is 0.263 e. The number of amides is 1. The van der Waals surface area contributed by atoms with E-state index in [1.165, 1.54) is 11.8 Å². The molecule has 1 atom stereocenters. The molecule has 0 aliphatic rings. The summed E-state index contributed by atoms with van der Waals surface area (Å²) in [6, 6.07) is 9.92. The predicted octanol–water partition coefficient (Wildman–Crippen LogP) is 3.54. The standard InChI is InChI=1S/C17H23N3O/c1-5-13(4)20-17(21)15(10-18)11-19-16-8-6-14(7-9-16)12(2)3/h6-9,11-13,19H,5H2,1-4H3,(H,20,21)/b15-11-. The van der Waals surface area contributed by atoms with Crippen molar-refractivity contribution < 1.29 is 4.79 Å². The van der Waals surface area contributed by atoms with E-state index < -0.39 is 0 Å². The summed E-state index contributed by atoms with van der Waals surface area (Å²) in [5.74, 6) is 0.128. The van der Waals surface area contributed by atoms with E-state index in [0.29, 0.717) is 5.92 Å². The SMILES string of the molecule is CCC(C)NC(=O)/C(C#N)=C\Nc1ccc(C(C)C)cc1. The van der Waals surface area contributed by atoms with Crippen LogP contribution in [0.5, 0.6) is 0 Å². The quantitative estimate of drug-likeness (QED) is 0.620. The molecule has 0 bridgehead atoms. The number of hydrogen-bond donors (Lipinski definition) is 2. The van der Waals surface area contributed by atoms with Gasteiger partial charge in [-0.05, 0) is 37.0 Å². The van der Waals surface area contributed by atoms with Gasteiger partial charge in [-0.15, -0.1) is 0 Å². The molecule has 0 aliphatic heterocycles. The molecule has 0 saturated heterocycles. The molecule has 1 aromatic carbocycles. The Morgan fingerprint density at radius 1 is 1.29 bits per heavy atom.